The Bertz CT molecular complexity index is 382. The minimum Gasteiger partial charge on any atom is -0.382 e. The standard InChI is InChI=1S/C18H27BrO2/c1-20-12-13-21-11-5-8-17-14-16(9-10-18(17)19)15-6-3-2-4-7-15/h2-4,6-7,16-18H,5,8-14H2,1H3. The van der Waals surface area contributed by atoms with Crippen molar-refractivity contribution in [3.8, 4) is 0 Å². The highest BCUT2D eigenvalue weighted by molar-refractivity contribution is 9.09. The lowest BCUT2D eigenvalue weighted by Gasteiger charge is -2.33. The van der Waals surface area contributed by atoms with Crippen LogP contribution in [-0.4, -0.2) is 31.8 Å². The Morgan fingerprint density at radius 1 is 1.10 bits per heavy atom. The molecule has 1 aliphatic carbocycles. The number of hydrogen-bond donors (Lipinski definition) is 0. The van der Waals surface area contributed by atoms with Gasteiger partial charge < -0.3 is 9.47 Å². The number of methoxy groups -OCH3 is 1. The summed E-state index contributed by atoms with van der Waals surface area (Å²) in [5.74, 6) is 1.51. The lowest BCUT2D eigenvalue weighted by molar-refractivity contribution is 0.0665. The van der Waals surface area contributed by atoms with Gasteiger partial charge in [-0.2, -0.15) is 0 Å². The zero-order valence-electron chi connectivity index (χ0n) is 13.0. The minimum absolute atomic E-state index is 0.677. The van der Waals surface area contributed by atoms with E-state index >= 15 is 0 Å². The topological polar surface area (TPSA) is 18.5 Å². The van der Waals surface area contributed by atoms with Crippen molar-refractivity contribution in [1.29, 1.82) is 0 Å². The van der Waals surface area contributed by atoms with Crippen LogP contribution in [0.3, 0.4) is 0 Å². The fraction of sp³-hybridized carbons (Fsp3) is 0.667. The second-order valence-electron chi connectivity index (χ2n) is 5.94. The Labute approximate surface area is 137 Å². The average molecular weight is 355 g/mol. The molecule has 3 heteroatoms. The summed E-state index contributed by atoms with van der Waals surface area (Å²) < 4.78 is 10.6. The van der Waals surface area contributed by atoms with Crippen LogP contribution < -0.4 is 0 Å². The molecule has 118 valence electrons. The Hall–Kier alpha value is -0.380. The van der Waals surface area contributed by atoms with Gasteiger partial charge in [-0.05, 0) is 49.5 Å². The van der Waals surface area contributed by atoms with Gasteiger partial charge in [0.2, 0.25) is 0 Å². The highest BCUT2D eigenvalue weighted by Gasteiger charge is 2.29. The average Bonchev–Trinajstić information content (AvgIpc) is 2.53. The fourth-order valence-corrected chi connectivity index (χ4v) is 3.99. The lowest BCUT2D eigenvalue weighted by Crippen LogP contribution is -2.24. The van der Waals surface area contributed by atoms with Gasteiger partial charge in [0.15, 0.2) is 0 Å². The van der Waals surface area contributed by atoms with Crippen molar-refractivity contribution in [2.24, 2.45) is 5.92 Å². The molecule has 1 saturated carbocycles. The van der Waals surface area contributed by atoms with E-state index in [-0.39, 0.29) is 0 Å². The number of ether oxygens (including phenoxy) is 2. The van der Waals surface area contributed by atoms with Gasteiger partial charge in [0.1, 0.15) is 0 Å². The molecule has 1 fully saturated rings. The van der Waals surface area contributed by atoms with Crippen LogP contribution in [-0.2, 0) is 9.47 Å². The van der Waals surface area contributed by atoms with Gasteiger partial charge in [-0.25, -0.2) is 0 Å². The maximum Gasteiger partial charge on any atom is 0.0700 e. The van der Waals surface area contributed by atoms with Crippen LogP contribution in [0.15, 0.2) is 30.3 Å². The molecule has 3 unspecified atom stereocenters. The Balaban J connectivity index is 1.74. The van der Waals surface area contributed by atoms with Gasteiger partial charge in [0.05, 0.1) is 13.2 Å². The van der Waals surface area contributed by atoms with E-state index in [0.29, 0.717) is 18.0 Å². The Kier molecular flexibility index (Phi) is 7.76. The maximum atomic E-state index is 5.57. The summed E-state index contributed by atoms with van der Waals surface area (Å²) in [5.41, 5.74) is 1.51. The van der Waals surface area contributed by atoms with Gasteiger partial charge in [-0.15, -0.1) is 0 Å². The van der Waals surface area contributed by atoms with Crippen LogP contribution in [0.2, 0.25) is 0 Å². The minimum atomic E-state index is 0.677. The summed E-state index contributed by atoms with van der Waals surface area (Å²) in [6.07, 6.45) is 6.30. The normalized spacial score (nSPS) is 25.9. The molecule has 1 aliphatic rings. The molecule has 2 rings (SSSR count). The summed E-state index contributed by atoms with van der Waals surface area (Å²) in [6, 6.07) is 11.0. The number of alkyl halides is 1. The maximum absolute atomic E-state index is 5.57. The fourth-order valence-electron chi connectivity index (χ4n) is 3.25. The van der Waals surface area contributed by atoms with Crippen molar-refractivity contribution in [2.45, 2.75) is 42.8 Å². The lowest BCUT2D eigenvalue weighted by atomic mass is 9.76. The second-order valence-corrected chi connectivity index (χ2v) is 7.12. The summed E-state index contributed by atoms with van der Waals surface area (Å²) in [5, 5.41) is 0. The smallest absolute Gasteiger partial charge is 0.0700 e. The number of halogens is 1. The van der Waals surface area contributed by atoms with E-state index in [4.69, 9.17) is 9.47 Å². The van der Waals surface area contributed by atoms with Crippen molar-refractivity contribution in [1.82, 2.24) is 0 Å². The third-order valence-electron chi connectivity index (χ3n) is 4.46. The van der Waals surface area contributed by atoms with Crippen molar-refractivity contribution >= 4 is 15.9 Å². The molecular formula is C18H27BrO2. The van der Waals surface area contributed by atoms with Crippen molar-refractivity contribution < 1.29 is 9.47 Å². The van der Waals surface area contributed by atoms with E-state index in [0.717, 1.165) is 24.9 Å². The highest BCUT2D eigenvalue weighted by atomic mass is 79.9. The van der Waals surface area contributed by atoms with Crippen molar-refractivity contribution in [2.75, 3.05) is 26.9 Å². The molecule has 0 aromatic heterocycles. The first kappa shape index (κ1) is 17.0. The van der Waals surface area contributed by atoms with E-state index in [2.05, 4.69) is 46.3 Å². The van der Waals surface area contributed by atoms with E-state index in [1.165, 1.54) is 31.2 Å². The van der Waals surface area contributed by atoms with Crippen LogP contribution in [0.4, 0.5) is 0 Å². The van der Waals surface area contributed by atoms with Crippen LogP contribution in [0, 0.1) is 5.92 Å². The van der Waals surface area contributed by atoms with Gasteiger partial charge >= 0.3 is 0 Å². The molecule has 2 nitrogen and oxygen atoms in total. The first-order valence-corrected chi connectivity index (χ1v) is 8.98. The zero-order chi connectivity index (χ0) is 14.9. The highest BCUT2D eigenvalue weighted by Crippen LogP contribution is 2.41. The molecule has 1 aromatic rings. The monoisotopic (exact) mass is 354 g/mol. The molecular weight excluding hydrogens is 328 g/mol. The molecule has 0 saturated heterocycles. The third-order valence-corrected chi connectivity index (χ3v) is 5.66. The largest absolute Gasteiger partial charge is 0.382 e. The summed E-state index contributed by atoms with van der Waals surface area (Å²) in [7, 11) is 1.71. The van der Waals surface area contributed by atoms with Gasteiger partial charge in [-0.1, -0.05) is 46.3 Å². The van der Waals surface area contributed by atoms with Crippen LogP contribution in [0.1, 0.15) is 43.6 Å². The first-order chi connectivity index (χ1) is 10.3. The second kappa shape index (κ2) is 9.60. The van der Waals surface area contributed by atoms with Crippen molar-refractivity contribution in [3.63, 3.8) is 0 Å². The first-order valence-electron chi connectivity index (χ1n) is 8.07. The number of rotatable bonds is 8. The molecule has 0 spiro atoms. The SMILES string of the molecule is COCCOCCCC1CC(c2ccccc2)CCC1Br. The van der Waals surface area contributed by atoms with Gasteiger partial charge in [0, 0.05) is 18.5 Å². The third kappa shape index (κ3) is 5.72. The van der Waals surface area contributed by atoms with Crippen LogP contribution in [0.25, 0.3) is 0 Å². The molecule has 21 heavy (non-hydrogen) atoms. The molecule has 3 atom stereocenters. The molecule has 1 aromatic carbocycles. The molecule has 0 N–H and O–H groups in total. The molecule has 0 amide bonds. The van der Waals surface area contributed by atoms with Gasteiger partial charge in [-0.3, -0.25) is 0 Å². The number of benzene rings is 1. The van der Waals surface area contributed by atoms with Crippen molar-refractivity contribution in [3.05, 3.63) is 35.9 Å². The van der Waals surface area contributed by atoms with E-state index in [1.807, 2.05) is 0 Å². The van der Waals surface area contributed by atoms with Crippen LogP contribution in [0.5, 0.6) is 0 Å². The summed E-state index contributed by atoms with van der Waals surface area (Å²) >= 11 is 3.89. The predicted octanol–water partition coefficient (Wildman–Crippen LogP) is 4.78. The van der Waals surface area contributed by atoms with Gasteiger partial charge in [0.25, 0.3) is 0 Å². The zero-order valence-corrected chi connectivity index (χ0v) is 14.6. The Morgan fingerprint density at radius 2 is 1.90 bits per heavy atom. The molecule has 0 aliphatic heterocycles. The van der Waals surface area contributed by atoms with Crippen LogP contribution >= 0.6 is 15.9 Å². The molecule has 0 radical (unpaired) electrons. The number of hydrogen-bond acceptors (Lipinski definition) is 2. The van der Waals surface area contributed by atoms with E-state index in [1.54, 1.807) is 7.11 Å². The molecule has 0 bridgehead atoms. The summed E-state index contributed by atoms with van der Waals surface area (Å²) in [6.45, 7) is 2.27. The quantitative estimate of drug-likeness (QED) is 0.494. The van der Waals surface area contributed by atoms with E-state index in [9.17, 15) is 0 Å². The van der Waals surface area contributed by atoms with E-state index < -0.39 is 0 Å². The Morgan fingerprint density at radius 3 is 2.67 bits per heavy atom. The predicted molar refractivity (Wildman–Crippen MR) is 91.2 cm³/mol. The molecule has 0 heterocycles. The summed E-state index contributed by atoms with van der Waals surface area (Å²) in [4.78, 5) is 0.677.